The molecule has 0 saturated carbocycles. The van der Waals surface area contributed by atoms with Crippen molar-refractivity contribution < 1.29 is 14.7 Å². The van der Waals surface area contributed by atoms with Crippen molar-refractivity contribution in [1.82, 2.24) is 15.3 Å². The van der Waals surface area contributed by atoms with Crippen molar-refractivity contribution in [2.24, 2.45) is 5.73 Å². The van der Waals surface area contributed by atoms with Gasteiger partial charge >= 0.3 is 5.97 Å². The number of carboxylic acid groups (broad SMARTS) is 1. The molecule has 0 saturated heterocycles. The molecule has 7 nitrogen and oxygen atoms in total. The van der Waals surface area contributed by atoms with Crippen LogP contribution in [-0.4, -0.2) is 39.5 Å². The molecular weight excluding hydrogens is 284 g/mol. The van der Waals surface area contributed by atoms with Crippen LogP contribution in [0.25, 0.3) is 11.0 Å². The van der Waals surface area contributed by atoms with Gasteiger partial charge in [0.1, 0.15) is 11.7 Å². The van der Waals surface area contributed by atoms with Crippen LogP contribution in [0, 0.1) is 0 Å². The Morgan fingerprint density at radius 1 is 1.23 bits per heavy atom. The number of benzene rings is 1. The number of fused-ring (bicyclic) bond motifs is 1. The van der Waals surface area contributed by atoms with Crippen LogP contribution in [0.3, 0.4) is 0 Å². The lowest BCUT2D eigenvalue weighted by molar-refractivity contribution is -0.138. The van der Waals surface area contributed by atoms with Gasteiger partial charge in [0.15, 0.2) is 0 Å². The number of carbonyl (C=O) groups is 2. The number of aliphatic carboxylic acids is 1. The molecule has 116 valence electrons. The van der Waals surface area contributed by atoms with Crippen molar-refractivity contribution in [3.8, 4) is 0 Å². The van der Waals surface area contributed by atoms with E-state index in [9.17, 15) is 9.59 Å². The van der Waals surface area contributed by atoms with Crippen LogP contribution in [0.15, 0.2) is 30.5 Å². The van der Waals surface area contributed by atoms with Crippen molar-refractivity contribution in [1.29, 1.82) is 0 Å². The number of hydrogen-bond donors (Lipinski definition) is 3. The fourth-order valence-electron chi connectivity index (χ4n) is 1.97. The summed E-state index contributed by atoms with van der Waals surface area (Å²) in [4.78, 5) is 31.0. The molecule has 4 N–H and O–H groups in total. The lowest BCUT2D eigenvalue weighted by atomic mass is 10.1. The molecule has 2 aromatic rings. The zero-order valence-electron chi connectivity index (χ0n) is 12.0. The van der Waals surface area contributed by atoms with Crippen LogP contribution in [0.1, 0.15) is 29.8 Å². The molecule has 7 heteroatoms. The molecular formula is C15H18N4O3. The van der Waals surface area contributed by atoms with Gasteiger partial charge in [-0.05, 0) is 31.4 Å². The first-order chi connectivity index (χ1) is 10.6. The van der Waals surface area contributed by atoms with Crippen molar-refractivity contribution in [2.45, 2.75) is 25.3 Å². The fourth-order valence-corrected chi connectivity index (χ4v) is 1.97. The van der Waals surface area contributed by atoms with Gasteiger partial charge in [-0.3, -0.25) is 14.6 Å². The smallest absolute Gasteiger partial charge is 0.320 e. The molecule has 1 aromatic carbocycles. The SMILES string of the molecule is N[C@@H](CCCCNC(=O)c1cnc2ccccc2n1)C(=O)O. The molecule has 0 unspecified atom stereocenters. The maximum Gasteiger partial charge on any atom is 0.320 e. The summed E-state index contributed by atoms with van der Waals surface area (Å²) in [5.41, 5.74) is 7.07. The van der Waals surface area contributed by atoms with Gasteiger partial charge < -0.3 is 16.2 Å². The van der Waals surface area contributed by atoms with Gasteiger partial charge in [-0.15, -0.1) is 0 Å². The van der Waals surface area contributed by atoms with E-state index in [0.717, 1.165) is 5.52 Å². The first kappa shape index (κ1) is 15.8. The number of nitrogens with one attached hydrogen (secondary N) is 1. The van der Waals surface area contributed by atoms with E-state index in [1.807, 2.05) is 18.2 Å². The van der Waals surface area contributed by atoms with Crippen LogP contribution in [0.5, 0.6) is 0 Å². The van der Waals surface area contributed by atoms with Gasteiger partial charge in [0.05, 0.1) is 17.2 Å². The summed E-state index contributed by atoms with van der Waals surface area (Å²) in [6.45, 7) is 0.444. The largest absolute Gasteiger partial charge is 0.480 e. The standard InChI is InChI=1S/C15H18N4O3/c16-10(15(21)22)5-3-4-8-17-14(20)13-9-18-11-6-1-2-7-12(11)19-13/h1-2,6-7,9-10H,3-5,8,16H2,(H,17,20)(H,21,22)/t10-/m0/s1. The quantitative estimate of drug-likeness (QED) is 0.655. The second kappa shape index (κ2) is 7.46. The second-order valence-electron chi connectivity index (χ2n) is 4.94. The third-order valence-corrected chi connectivity index (χ3v) is 3.23. The van der Waals surface area contributed by atoms with Crippen LogP contribution < -0.4 is 11.1 Å². The Labute approximate surface area is 127 Å². The van der Waals surface area contributed by atoms with E-state index >= 15 is 0 Å². The van der Waals surface area contributed by atoms with Gasteiger partial charge in [-0.1, -0.05) is 12.1 Å². The summed E-state index contributed by atoms with van der Waals surface area (Å²) in [7, 11) is 0. The minimum atomic E-state index is -1.00. The number of carboxylic acids is 1. The monoisotopic (exact) mass is 302 g/mol. The number of aromatic nitrogens is 2. The zero-order chi connectivity index (χ0) is 15.9. The molecule has 0 aliphatic rings. The molecule has 1 atom stereocenters. The topological polar surface area (TPSA) is 118 Å². The number of unbranched alkanes of at least 4 members (excludes halogenated alkanes) is 1. The molecule has 0 aliphatic carbocycles. The van der Waals surface area contributed by atoms with E-state index < -0.39 is 12.0 Å². The molecule has 22 heavy (non-hydrogen) atoms. The summed E-state index contributed by atoms with van der Waals surface area (Å²) < 4.78 is 0. The van der Waals surface area contributed by atoms with E-state index in [0.29, 0.717) is 31.3 Å². The minimum Gasteiger partial charge on any atom is -0.480 e. The lowest BCUT2D eigenvalue weighted by Gasteiger charge is -2.07. The molecule has 0 aliphatic heterocycles. The summed E-state index contributed by atoms with van der Waals surface area (Å²) >= 11 is 0. The second-order valence-corrected chi connectivity index (χ2v) is 4.94. The van der Waals surface area contributed by atoms with E-state index in [2.05, 4.69) is 15.3 Å². The number of para-hydroxylation sites is 2. The van der Waals surface area contributed by atoms with E-state index in [4.69, 9.17) is 10.8 Å². The molecule has 1 aromatic heterocycles. The fraction of sp³-hybridized carbons (Fsp3) is 0.333. The van der Waals surface area contributed by atoms with Gasteiger partial charge in [0.25, 0.3) is 5.91 Å². The highest BCUT2D eigenvalue weighted by molar-refractivity contribution is 5.93. The van der Waals surface area contributed by atoms with Crippen molar-refractivity contribution in [3.63, 3.8) is 0 Å². The maximum atomic E-state index is 12.0. The Bertz CT molecular complexity index is 675. The summed E-state index contributed by atoms with van der Waals surface area (Å²) in [5.74, 6) is -1.30. The zero-order valence-corrected chi connectivity index (χ0v) is 12.0. The van der Waals surface area contributed by atoms with Crippen LogP contribution >= 0.6 is 0 Å². The van der Waals surface area contributed by atoms with Gasteiger partial charge in [-0.2, -0.15) is 0 Å². The third-order valence-electron chi connectivity index (χ3n) is 3.23. The molecule has 0 radical (unpaired) electrons. The predicted octanol–water partition coefficient (Wildman–Crippen LogP) is 0.942. The Morgan fingerprint density at radius 2 is 1.95 bits per heavy atom. The Morgan fingerprint density at radius 3 is 2.68 bits per heavy atom. The molecule has 2 rings (SSSR count). The first-order valence-electron chi connectivity index (χ1n) is 7.06. The van der Waals surface area contributed by atoms with Crippen LogP contribution in [0.4, 0.5) is 0 Å². The molecule has 1 heterocycles. The Balaban J connectivity index is 1.80. The number of rotatable bonds is 7. The average molecular weight is 302 g/mol. The highest BCUT2D eigenvalue weighted by Crippen LogP contribution is 2.08. The summed E-state index contributed by atoms with van der Waals surface area (Å²) in [6.07, 6.45) is 3.13. The Hall–Kier alpha value is -2.54. The van der Waals surface area contributed by atoms with Crippen LogP contribution in [0.2, 0.25) is 0 Å². The predicted molar refractivity (Wildman–Crippen MR) is 81.3 cm³/mol. The summed E-state index contributed by atoms with van der Waals surface area (Å²) in [5, 5.41) is 11.4. The number of carbonyl (C=O) groups excluding carboxylic acids is 1. The van der Waals surface area contributed by atoms with Gasteiger partial charge in [-0.25, -0.2) is 4.98 Å². The number of nitrogens with two attached hydrogens (primary N) is 1. The molecule has 0 fully saturated rings. The number of hydrogen-bond acceptors (Lipinski definition) is 5. The number of amides is 1. The average Bonchev–Trinajstić information content (AvgIpc) is 2.53. The molecule has 0 spiro atoms. The molecule has 1 amide bonds. The van der Waals surface area contributed by atoms with Crippen molar-refractivity contribution in [2.75, 3.05) is 6.54 Å². The Kier molecular flexibility index (Phi) is 5.37. The third kappa shape index (κ3) is 4.23. The van der Waals surface area contributed by atoms with Crippen LogP contribution in [-0.2, 0) is 4.79 Å². The lowest BCUT2D eigenvalue weighted by Crippen LogP contribution is -2.30. The van der Waals surface area contributed by atoms with E-state index in [-0.39, 0.29) is 11.6 Å². The van der Waals surface area contributed by atoms with Crippen molar-refractivity contribution >= 4 is 22.9 Å². The van der Waals surface area contributed by atoms with E-state index in [1.54, 1.807) is 6.07 Å². The number of nitrogens with zero attached hydrogens (tertiary/aromatic N) is 2. The molecule has 0 bridgehead atoms. The highest BCUT2D eigenvalue weighted by Gasteiger charge is 2.11. The van der Waals surface area contributed by atoms with E-state index in [1.165, 1.54) is 6.20 Å². The maximum absolute atomic E-state index is 12.0. The summed E-state index contributed by atoms with van der Waals surface area (Å²) in [6, 6.07) is 6.48. The van der Waals surface area contributed by atoms with Gasteiger partial charge in [0, 0.05) is 6.54 Å². The minimum absolute atomic E-state index is 0.265. The normalized spacial score (nSPS) is 12.0. The van der Waals surface area contributed by atoms with Gasteiger partial charge in [0.2, 0.25) is 0 Å². The first-order valence-corrected chi connectivity index (χ1v) is 7.06. The highest BCUT2D eigenvalue weighted by atomic mass is 16.4. The van der Waals surface area contributed by atoms with Crippen molar-refractivity contribution in [3.05, 3.63) is 36.2 Å².